The Balaban J connectivity index is 1.94. The smallest absolute Gasteiger partial charge is 0.269 e. The molecule has 0 aliphatic heterocycles. The molecule has 1 aromatic carbocycles. The van der Waals surface area contributed by atoms with E-state index < -0.39 is 5.82 Å². The van der Waals surface area contributed by atoms with E-state index in [1.165, 1.54) is 16.7 Å². The molecular formula is C22H20FN3O2. The molecule has 0 atom stereocenters. The molecule has 3 aromatic rings. The maximum absolute atomic E-state index is 14.6. The Labute approximate surface area is 162 Å². The first-order valence-corrected chi connectivity index (χ1v) is 9.07. The summed E-state index contributed by atoms with van der Waals surface area (Å²) in [7, 11) is 0. The van der Waals surface area contributed by atoms with Gasteiger partial charge >= 0.3 is 0 Å². The average molecular weight is 377 g/mol. The minimum atomic E-state index is -0.578. The highest BCUT2D eigenvalue weighted by Gasteiger charge is 2.14. The molecule has 0 saturated carbocycles. The van der Waals surface area contributed by atoms with Crippen molar-refractivity contribution in [3.05, 3.63) is 76.2 Å². The monoisotopic (exact) mass is 377 g/mol. The minimum Gasteiger partial charge on any atom is -0.454 e. The first kappa shape index (κ1) is 19.3. The molecule has 0 unspecified atom stereocenters. The third-order valence-corrected chi connectivity index (χ3v) is 4.37. The van der Waals surface area contributed by atoms with Crippen molar-refractivity contribution < 1.29 is 9.13 Å². The highest BCUT2D eigenvalue weighted by atomic mass is 19.1. The molecular weight excluding hydrogens is 357 g/mol. The molecule has 0 aliphatic carbocycles. The summed E-state index contributed by atoms with van der Waals surface area (Å²) in [4.78, 5) is 16.6. The van der Waals surface area contributed by atoms with Gasteiger partial charge < -0.3 is 9.30 Å². The normalized spacial score (nSPS) is 10.5. The van der Waals surface area contributed by atoms with Gasteiger partial charge in [-0.25, -0.2) is 4.39 Å². The number of benzene rings is 1. The van der Waals surface area contributed by atoms with E-state index in [1.807, 2.05) is 19.9 Å². The van der Waals surface area contributed by atoms with Crippen LogP contribution < -0.4 is 10.3 Å². The number of nitriles is 1. The fraction of sp³-hybridized carbons (Fsp3) is 0.227. The molecule has 0 fully saturated rings. The third-order valence-electron chi connectivity index (χ3n) is 4.37. The van der Waals surface area contributed by atoms with E-state index in [2.05, 4.69) is 4.98 Å². The zero-order chi connectivity index (χ0) is 20.1. The van der Waals surface area contributed by atoms with Crippen LogP contribution in [-0.2, 0) is 6.54 Å². The van der Waals surface area contributed by atoms with Gasteiger partial charge in [-0.3, -0.25) is 9.78 Å². The van der Waals surface area contributed by atoms with Crippen LogP contribution in [0.2, 0.25) is 0 Å². The van der Waals surface area contributed by atoms with Crippen LogP contribution in [0.25, 0.3) is 11.1 Å². The lowest BCUT2D eigenvalue weighted by Gasteiger charge is -2.11. The van der Waals surface area contributed by atoms with E-state index in [1.54, 1.807) is 36.7 Å². The van der Waals surface area contributed by atoms with E-state index in [0.29, 0.717) is 23.4 Å². The maximum atomic E-state index is 14.6. The van der Waals surface area contributed by atoms with Crippen LogP contribution in [0.3, 0.4) is 0 Å². The van der Waals surface area contributed by atoms with Crippen molar-refractivity contribution in [2.45, 2.75) is 33.2 Å². The van der Waals surface area contributed by atoms with Gasteiger partial charge in [0.15, 0.2) is 11.6 Å². The van der Waals surface area contributed by atoms with Crippen molar-refractivity contribution in [1.29, 1.82) is 5.26 Å². The van der Waals surface area contributed by atoms with Crippen LogP contribution in [0.4, 0.5) is 4.39 Å². The number of hydrogen-bond donors (Lipinski definition) is 0. The van der Waals surface area contributed by atoms with Crippen LogP contribution in [0, 0.1) is 24.1 Å². The molecule has 0 saturated heterocycles. The first-order chi connectivity index (χ1) is 13.5. The molecule has 0 bridgehead atoms. The largest absolute Gasteiger partial charge is 0.454 e. The quantitative estimate of drug-likeness (QED) is 0.617. The molecule has 5 nitrogen and oxygen atoms in total. The second-order valence-electron chi connectivity index (χ2n) is 6.45. The summed E-state index contributed by atoms with van der Waals surface area (Å²) < 4.78 is 21.7. The number of ether oxygens (including phenoxy) is 1. The number of nitrogens with zero attached hydrogens (tertiary/aromatic N) is 3. The van der Waals surface area contributed by atoms with Crippen LogP contribution in [-0.4, -0.2) is 9.55 Å². The van der Waals surface area contributed by atoms with E-state index in [0.717, 1.165) is 18.5 Å². The zero-order valence-corrected chi connectivity index (χ0v) is 15.8. The molecule has 0 spiro atoms. The topological polar surface area (TPSA) is 67.9 Å². The van der Waals surface area contributed by atoms with Crippen LogP contribution >= 0.6 is 0 Å². The SMILES string of the molecule is CCCCn1ccc(-c2ccc(Oc3ccnc(C)c3)c(F)c2)c(C#N)c1=O. The van der Waals surface area contributed by atoms with E-state index >= 15 is 0 Å². The van der Waals surface area contributed by atoms with Gasteiger partial charge in [0.25, 0.3) is 5.56 Å². The Bertz CT molecular complexity index is 1100. The molecule has 0 amide bonds. The van der Waals surface area contributed by atoms with Gasteiger partial charge in [0.1, 0.15) is 17.4 Å². The highest BCUT2D eigenvalue weighted by molar-refractivity contribution is 5.70. The van der Waals surface area contributed by atoms with Crippen molar-refractivity contribution in [3.8, 4) is 28.7 Å². The third kappa shape index (κ3) is 4.09. The second kappa shape index (κ2) is 8.49. The maximum Gasteiger partial charge on any atom is 0.269 e. The number of pyridine rings is 2. The molecule has 6 heteroatoms. The minimum absolute atomic E-state index is 0.0106. The van der Waals surface area contributed by atoms with Gasteiger partial charge in [0.05, 0.1) is 0 Å². The average Bonchev–Trinajstić information content (AvgIpc) is 2.68. The summed E-state index contributed by atoms with van der Waals surface area (Å²) in [6, 6.07) is 11.4. The lowest BCUT2D eigenvalue weighted by Crippen LogP contribution is -2.22. The van der Waals surface area contributed by atoms with Crippen molar-refractivity contribution in [3.63, 3.8) is 0 Å². The summed E-state index contributed by atoms with van der Waals surface area (Å²) >= 11 is 0. The van der Waals surface area contributed by atoms with Crippen LogP contribution in [0.5, 0.6) is 11.5 Å². The Morgan fingerprint density at radius 3 is 2.75 bits per heavy atom. The van der Waals surface area contributed by atoms with Gasteiger partial charge in [-0.1, -0.05) is 19.4 Å². The predicted octanol–water partition coefficient (Wildman–Crippen LogP) is 4.82. The first-order valence-electron chi connectivity index (χ1n) is 9.07. The van der Waals surface area contributed by atoms with Gasteiger partial charge in [-0.05, 0) is 43.2 Å². The summed E-state index contributed by atoms with van der Waals surface area (Å²) in [6.07, 6.45) is 5.03. The number of aryl methyl sites for hydroxylation is 2. The van der Waals surface area contributed by atoms with E-state index in [9.17, 15) is 14.4 Å². The van der Waals surface area contributed by atoms with Crippen molar-refractivity contribution in [1.82, 2.24) is 9.55 Å². The Hall–Kier alpha value is -3.46. The summed E-state index contributed by atoms with van der Waals surface area (Å²) in [6.45, 7) is 4.40. The van der Waals surface area contributed by atoms with E-state index in [4.69, 9.17) is 4.74 Å². The lowest BCUT2D eigenvalue weighted by atomic mass is 10.0. The number of aromatic nitrogens is 2. The second-order valence-corrected chi connectivity index (χ2v) is 6.45. The zero-order valence-electron chi connectivity index (χ0n) is 15.8. The highest BCUT2D eigenvalue weighted by Crippen LogP contribution is 2.29. The lowest BCUT2D eigenvalue weighted by molar-refractivity contribution is 0.441. The molecule has 28 heavy (non-hydrogen) atoms. The van der Waals surface area contributed by atoms with Gasteiger partial charge in [-0.15, -0.1) is 0 Å². The van der Waals surface area contributed by atoms with E-state index in [-0.39, 0.29) is 16.9 Å². The van der Waals surface area contributed by atoms with Gasteiger partial charge in [0.2, 0.25) is 0 Å². The molecule has 0 N–H and O–H groups in total. The van der Waals surface area contributed by atoms with Crippen molar-refractivity contribution >= 4 is 0 Å². The molecule has 0 radical (unpaired) electrons. The van der Waals surface area contributed by atoms with Crippen LogP contribution in [0.15, 0.2) is 53.6 Å². The van der Waals surface area contributed by atoms with Crippen molar-refractivity contribution in [2.24, 2.45) is 0 Å². The van der Waals surface area contributed by atoms with Gasteiger partial charge in [-0.2, -0.15) is 5.26 Å². The number of rotatable bonds is 6. The number of hydrogen-bond acceptors (Lipinski definition) is 4. The molecule has 142 valence electrons. The Morgan fingerprint density at radius 2 is 2.07 bits per heavy atom. The Kier molecular flexibility index (Phi) is 5.85. The summed E-state index contributed by atoms with van der Waals surface area (Å²) in [5, 5.41) is 9.47. The molecule has 3 rings (SSSR count). The number of unbranched alkanes of at least 4 members (excludes halogenated alkanes) is 1. The summed E-state index contributed by atoms with van der Waals surface area (Å²) in [5.41, 5.74) is 1.27. The fourth-order valence-corrected chi connectivity index (χ4v) is 2.89. The Morgan fingerprint density at radius 1 is 1.25 bits per heavy atom. The summed E-state index contributed by atoms with van der Waals surface area (Å²) in [5.74, 6) is -0.0365. The van der Waals surface area contributed by atoms with Crippen molar-refractivity contribution in [2.75, 3.05) is 0 Å². The fourth-order valence-electron chi connectivity index (χ4n) is 2.89. The molecule has 2 aromatic heterocycles. The predicted molar refractivity (Wildman–Crippen MR) is 105 cm³/mol. The molecule has 2 heterocycles. The van der Waals surface area contributed by atoms with Crippen LogP contribution in [0.1, 0.15) is 31.0 Å². The number of halogens is 1. The molecule has 0 aliphatic rings. The standard InChI is InChI=1S/C22H20FN3O2/c1-3-4-10-26-11-8-18(19(14-24)22(26)27)16-5-6-21(20(23)13-16)28-17-7-9-25-15(2)12-17/h5-9,11-13H,3-4,10H2,1-2H3. The van der Waals surface area contributed by atoms with Gasteiger partial charge in [0, 0.05) is 36.3 Å².